The van der Waals surface area contributed by atoms with Crippen LogP contribution in [0, 0.1) is 3.57 Å². The average molecular weight is 556 g/mol. The van der Waals surface area contributed by atoms with E-state index >= 15 is 0 Å². The fourth-order valence-corrected chi connectivity index (χ4v) is 3.20. The van der Waals surface area contributed by atoms with Crippen LogP contribution in [0.1, 0.15) is 22.8 Å². The van der Waals surface area contributed by atoms with Crippen molar-refractivity contribution in [3.63, 3.8) is 0 Å². The van der Waals surface area contributed by atoms with Crippen molar-refractivity contribution in [2.45, 2.75) is 6.92 Å². The Morgan fingerprint density at radius 3 is 2.58 bits per heavy atom. The molecule has 0 spiro atoms. The maximum atomic E-state index is 12.3. The van der Waals surface area contributed by atoms with Gasteiger partial charge in [-0.2, -0.15) is 5.10 Å². The number of esters is 1. The third kappa shape index (κ3) is 7.68. The number of carbonyl (C=O) groups excluding carboxylic acids is 2. The lowest BCUT2D eigenvalue weighted by molar-refractivity contribution is -0.118. The van der Waals surface area contributed by atoms with Gasteiger partial charge in [-0.1, -0.05) is 0 Å². The zero-order valence-electron chi connectivity index (χ0n) is 16.8. The molecule has 0 saturated carbocycles. The van der Waals surface area contributed by atoms with Crippen LogP contribution >= 0.6 is 34.8 Å². The van der Waals surface area contributed by atoms with E-state index < -0.39 is 5.97 Å². The van der Waals surface area contributed by atoms with Crippen LogP contribution in [0.15, 0.2) is 41.5 Å². The predicted molar refractivity (Wildman–Crippen MR) is 130 cm³/mol. The Morgan fingerprint density at radius 2 is 1.97 bits per heavy atom. The van der Waals surface area contributed by atoms with Gasteiger partial charge in [0.05, 0.1) is 29.1 Å². The van der Waals surface area contributed by atoms with Crippen LogP contribution in [0.4, 0.5) is 5.69 Å². The first-order valence-electron chi connectivity index (χ1n) is 9.00. The van der Waals surface area contributed by atoms with E-state index in [1.54, 1.807) is 43.3 Å². The number of methoxy groups -OCH3 is 1. The molecule has 0 fully saturated rings. The van der Waals surface area contributed by atoms with E-state index in [9.17, 15) is 9.59 Å². The quantitative estimate of drug-likeness (QED) is 0.142. The van der Waals surface area contributed by atoms with Crippen molar-refractivity contribution in [2.24, 2.45) is 10.8 Å². The van der Waals surface area contributed by atoms with Crippen molar-refractivity contribution in [3.8, 4) is 11.5 Å². The van der Waals surface area contributed by atoms with Gasteiger partial charge in [0.1, 0.15) is 0 Å². The third-order valence-corrected chi connectivity index (χ3v) is 4.56. The second-order valence-corrected chi connectivity index (χ2v) is 7.51. The largest absolute Gasteiger partial charge is 0.493 e. The van der Waals surface area contributed by atoms with Crippen molar-refractivity contribution in [2.75, 3.05) is 25.6 Å². The Morgan fingerprint density at radius 1 is 1.26 bits per heavy atom. The van der Waals surface area contributed by atoms with Gasteiger partial charge in [-0.3, -0.25) is 10.2 Å². The van der Waals surface area contributed by atoms with Gasteiger partial charge in [0.2, 0.25) is 0 Å². The van der Waals surface area contributed by atoms with Crippen LogP contribution in [0.5, 0.6) is 11.5 Å². The SMILES string of the molecule is CCOC(=O)c1ccc(NC(=O)COc2c(I)cc(/C=N\NC(N)=S)cc2OC)cc1. The molecule has 2 aromatic carbocycles. The number of hydrogen-bond acceptors (Lipinski definition) is 7. The molecule has 2 aromatic rings. The Hall–Kier alpha value is -2.93. The minimum Gasteiger partial charge on any atom is -0.493 e. The molecule has 0 bridgehead atoms. The Kier molecular flexibility index (Phi) is 9.46. The number of halogens is 1. The maximum Gasteiger partial charge on any atom is 0.338 e. The lowest BCUT2D eigenvalue weighted by Crippen LogP contribution is -2.24. The van der Waals surface area contributed by atoms with E-state index in [0.29, 0.717) is 29.4 Å². The van der Waals surface area contributed by atoms with Crippen LogP contribution in [0.3, 0.4) is 0 Å². The standard InChI is InChI=1S/C20H21IN4O5S/c1-3-29-19(27)13-4-6-14(7-5-13)24-17(26)11-30-18-15(21)8-12(9-16(18)28-2)10-23-25-20(22)31/h4-10H,3,11H2,1-2H3,(H,24,26)(H3,22,25,31)/b23-10-. The van der Waals surface area contributed by atoms with Gasteiger partial charge >= 0.3 is 5.97 Å². The molecule has 0 aliphatic carbocycles. The summed E-state index contributed by atoms with van der Waals surface area (Å²) in [6, 6.07) is 9.89. The number of anilines is 1. The van der Waals surface area contributed by atoms with Crippen LogP contribution in [-0.4, -0.2) is 43.5 Å². The summed E-state index contributed by atoms with van der Waals surface area (Å²) in [5, 5.41) is 6.66. The van der Waals surface area contributed by atoms with Gasteiger partial charge in [0, 0.05) is 5.69 Å². The molecule has 11 heteroatoms. The molecule has 31 heavy (non-hydrogen) atoms. The maximum absolute atomic E-state index is 12.3. The highest BCUT2D eigenvalue weighted by molar-refractivity contribution is 14.1. The number of nitrogens with one attached hydrogen (secondary N) is 2. The molecule has 164 valence electrons. The number of nitrogens with zero attached hydrogens (tertiary/aromatic N) is 1. The average Bonchev–Trinajstić information content (AvgIpc) is 2.73. The summed E-state index contributed by atoms with van der Waals surface area (Å²) in [6.07, 6.45) is 1.53. The Bertz CT molecular complexity index is 982. The van der Waals surface area contributed by atoms with E-state index in [-0.39, 0.29) is 17.6 Å². The molecule has 9 nitrogen and oxygen atoms in total. The minimum atomic E-state index is -0.416. The van der Waals surface area contributed by atoms with Crippen LogP contribution in [0.25, 0.3) is 0 Å². The summed E-state index contributed by atoms with van der Waals surface area (Å²) in [7, 11) is 1.50. The summed E-state index contributed by atoms with van der Waals surface area (Å²) in [6.45, 7) is 1.80. The summed E-state index contributed by atoms with van der Waals surface area (Å²) in [5.74, 6) is 0.0825. The normalized spacial score (nSPS) is 10.4. The van der Waals surface area contributed by atoms with Gasteiger partial charge in [-0.15, -0.1) is 0 Å². The molecule has 0 aliphatic rings. The van der Waals surface area contributed by atoms with Gasteiger partial charge in [-0.05, 0) is 83.7 Å². The van der Waals surface area contributed by atoms with Crippen molar-refractivity contribution in [3.05, 3.63) is 51.1 Å². The first-order valence-corrected chi connectivity index (χ1v) is 10.5. The fourth-order valence-electron chi connectivity index (χ4n) is 2.36. The molecule has 2 rings (SSSR count). The molecule has 0 saturated heterocycles. The highest BCUT2D eigenvalue weighted by Gasteiger charge is 2.14. The second-order valence-electron chi connectivity index (χ2n) is 5.90. The Balaban J connectivity index is 2.00. The molecular weight excluding hydrogens is 535 g/mol. The Labute approximate surface area is 198 Å². The molecule has 0 aliphatic heterocycles. The van der Waals surface area contributed by atoms with Crippen molar-refractivity contribution in [1.82, 2.24) is 5.43 Å². The van der Waals surface area contributed by atoms with Crippen molar-refractivity contribution < 1.29 is 23.8 Å². The summed E-state index contributed by atoms with van der Waals surface area (Å²) in [5.41, 5.74) is 9.45. The van der Waals surface area contributed by atoms with Gasteiger partial charge in [0.15, 0.2) is 23.2 Å². The summed E-state index contributed by atoms with van der Waals surface area (Å²) < 4.78 is 16.7. The van der Waals surface area contributed by atoms with Gasteiger partial charge in [-0.25, -0.2) is 4.79 Å². The number of rotatable bonds is 9. The molecule has 1 amide bonds. The minimum absolute atomic E-state index is 0.0550. The number of amides is 1. The van der Waals surface area contributed by atoms with Crippen LogP contribution in [-0.2, 0) is 9.53 Å². The monoisotopic (exact) mass is 556 g/mol. The number of benzene rings is 2. The number of ether oxygens (including phenoxy) is 3. The highest BCUT2D eigenvalue weighted by atomic mass is 127. The lowest BCUT2D eigenvalue weighted by atomic mass is 10.2. The topological polar surface area (TPSA) is 124 Å². The molecular formula is C20H21IN4O5S. The van der Waals surface area contributed by atoms with Crippen molar-refractivity contribution >= 4 is 63.7 Å². The number of thiocarbonyl (C=S) groups is 1. The van der Waals surface area contributed by atoms with E-state index in [1.165, 1.54) is 13.3 Å². The second kappa shape index (κ2) is 12.1. The summed E-state index contributed by atoms with van der Waals surface area (Å²) >= 11 is 6.76. The predicted octanol–water partition coefficient (Wildman–Crippen LogP) is 2.66. The van der Waals surface area contributed by atoms with Gasteiger partial charge < -0.3 is 25.3 Å². The smallest absolute Gasteiger partial charge is 0.338 e. The molecule has 0 aromatic heterocycles. The van der Waals surface area contributed by atoms with Gasteiger partial charge in [0.25, 0.3) is 5.91 Å². The van der Waals surface area contributed by atoms with E-state index in [2.05, 4.69) is 50.7 Å². The van der Waals surface area contributed by atoms with E-state index in [0.717, 1.165) is 9.13 Å². The number of hydrazone groups is 1. The van der Waals surface area contributed by atoms with Crippen LogP contribution in [0.2, 0.25) is 0 Å². The third-order valence-electron chi connectivity index (χ3n) is 3.67. The summed E-state index contributed by atoms with van der Waals surface area (Å²) in [4.78, 5) is 23.9. The first kappa shape index (κ1) is 24.3. The zero-order valence-corrected chi connectivity index (χ0v) is 19.8. The van der Waals surface area contributed by atoms with Crippen LogP contribution < -0.4 is 25.9 Å². The molecule has 0 heterocycles. The lowest BCUT2D eigenvalue weighted by Gasteiger charge is -2.13. The molecule has 0 radical (unpaired) electrons. The molecule has 4 N–H and O–H groups in total. The van der Waals surface area contributed by atoms with Crippen molar-refractivity contribution in [1.29, 1.82) is 0 Å². The number of carbonyl (C=O) groups is 2. The highest BCUT2D eigenvalue weighted by Crippen LogP contribution is 2.33. The fraction of sp³-hybridized carbons (Fsp3) is 0.200. The molecule has 0 atom stereocenters. The zero-order chi connectivity index (χ0) is 22.8. The van der Waals surface area contributed by atoms with E-state index in [4.69, 9.17) is 19.9 Å². The first-order chi connectivity index (χ1) is 14.8. The molecule has 0 unspecified atom stereocenters. The number of nitrogens with two attached hydrogens (primary N) is 1. The van der Waals surface area contributed by atoms with E-state index in [1.807, 2.05) is 0 Å². The number of hydrogen-bond donors (Lipinski definition) is 3.